The summed E-state index contributed by atoms with van der Waals surface area (Å²) in [5.74, 6) is 0. The van der Waals surface area contributed by atoms with E-state index in [0.29, 0.717) is 0 Å². The monoisotopic (exact) mass is 284 g/mol. The molecule has 0 aromatic carbocycles. The smallest absolute Gasteiger partial charge is 0.0894 e. The molecule has 0 aliphatic heterocycles. The van der Waals surface area contributed by atoms with Gasteiger partial charge in [0.25, 0.3) is 0 Å². The topological polar surface area (TPSA) is 0 Å². The van der Waals surface area contributed by atoms with Gasteiger partial charge >= 0.3 is 0 Å². The third-order valence-corrected chi connectivity index (χ3v) is 6.99. The third-order valence-electron chi connectivity index (χ3n) is 6.99. The zero-order valence-corrected chi connectivity index (χ0v) is 15.1. The summed E-state index contributed by atoms with van der Waals surface area (Å²) < 4.78 is 2.72. The van der Waals surface area contributed by atoms with Gasteiger partial charge in [0.15, 0.2) is 0 Å². The van der Waals surface area contributed by atoms with Gasteiger partial charge in [-0.15, -0.1) is 0 Å². The zero-order chi connectivity index (χ0) is 15.2. The molecule has 0 heterocycles. The molecule has 2 nitrogen and oxygen atoms in total. The molecule has 0 spiro atoms. The summed E-state index contributed by atoms with van der Waals surface area (Å²) in [7, 11) is 0. The number of hydrogen-bond donors (Lipinski definition) is 0. The molecule has 0 aromatic heterocycles. The Morgan fingerprint density at radius 2 is 0.700 bits per heavy atom. The van der Waals surface area contributed by atoms with Crippen LogP contribution in [0, 0.1) is 0 Å². The molecule has 0 unspecified atom stereocenters. The number of rotatable bonds is 8. The van der Waals surface area contributed by atoms with Crippen molar-refractivity contribution in [2.75, 3.05) is 39.3 Å². The Balaban J connectivity index is 2.72. The molecule has 2 heteroatoms. The van der Waals surface area contributed by atoms with Crippen LogP contribution < -0.4 is 0 Å². The van der Waals surface area contributed by atoms with Gasteiger partial charge in [-0.1, -0.05) is 0 Å². The summed E-state index contributed by atoms with van der Waals surface area (Å²) in [5, 5.41) is 0. The van der Waals surface area contributed by atoms with Gasteiger partial charge in [-0.2, -0.15) is 0 Å². The molecule has 1 aliphatic carbocycles. The first-order valence-electron chi connectivity index (χ1n) is 9.29. The van der Waals surface area contributed by atoms with Crippen molar-refractivity contribution in [3.63, 3.8) is 0 Å². The highest BCUT2D eigenvalue weighted by atomic mass is 15.4. The predicted molar refractivity (Wildman–Crippen MR) is 89.8 cm³/mol. The van der Waals surface area contributed by atoms with E-state index in [0.717, 1.165) is 12.1 Å². The molecule has 20 heavy (non-hydrogen) atoms. The SMILES string of the molecule is CC[N+](CC)(CC)C1CCC([N+](CC)(CC)CC)CC1. The molecule has 1 fully saturated rings. The molecular formula is C18H40N2+2. The van der Waals surface area contributed by atoms with Crippen LogP contribution in [0.25, 0.3) is 0 Å². The quantitative estimate of drug-likeness (QED) is 0.590. The average Bonchev–Trinajstić information content (AvgIpc) is 2.53. The van der Waals surface area contributed by atoms with Crippen LogP contribution in [0.15, 0.2) is 0 Å². The standard InChI is InChI=1S/C18H40N2/c1-7-19(8-2,9-3)17-13-15-18(16-14-17)20(10-4,11-5)12-6/h17-18H,7-16H2,1-6H3/q+2. The van der Waals surface area contributed by atoms with Crippen LogP contribution >= 0.6 is 0 Å². The summed E-state index contributed by atoms with van der Waals surface area (Å²) in [5.41, 5.74) is 0. The van der Waals surface area contributed by atoms with Crippen molar-refractivity contribution >= 4 is 0 Å². The van der Waals surface area contributed by atoms with E-state index in [1.807, 2.05) is 0 Å². The van der Waals surface area contributed by atoms with Crippen molar-refractivity contribution in [1.29, 1.82) is 0 Å². The van der Waals surface area contributed by atoms with Crippen LogP contribution in [-0.2, 0) is 0 Å². The molecule has 1 saturated carbocycles. The van der Waals surface area contributed by atoms with E-state index in [1.165, 1.54) is 73.9 Å². The minimum Gasteiger partial charge on any atom is -0.322 e. The first kappa shape index (κ1) is 18.0. The molecule has 120 valence electrons. The minimum atomic E-state index is 0.929. The highest BCUT2D eigenvalue weighted by Crippen LogP contribution is 2.33. The Hall–Kier alpha value is -0.0800. The summed E-state index contributed by atoms with van der Waals surface area (Å²) in [6.07, 6.45) is 5.83. The van der Waals surface area contributed by atoms with Gasteiger partial charge in [-0.3, -0.25) is 0 Å². The van der Waals surface area contributed by atoms with Crippen LogP contribution in [0.1, 0.15) is 67.2 Å². The first-order valence-corrected chi connectivity index (χ1v) is 9.29. The van der Waals surface area contributed by atoms with Crippen LogP contribution in [0.4, 0.5) is 0 Å². The lowest BCUT2D eigenvalue weighted by atomic mass is 9.86. The van der Waals surface area contributed by atoms with E-state index in [4.69, 9.17) is 0 Å². The van der Waals surface area contributed by atoms with Gasteiger partial charge in [0.1, 0.15) is 0 Å². The molecule has 0 amide bonds. The molecule has 0 saturated heterocycles. The van der Waals surface area contributed by atoms with E-state index >= 15 is 0 Å². The van der Waals surface area contributed by atoms with Crippen LogP contribution in [0.2, 0.25) is 0 Å². The minimum absolute atomic E-state index is 0.929. The summed E-state index contributed by atoms with van der Waals surface area (Å²) >= 11 is 0. The highest BCUT2D eigenvalue weighted by Gasteiger charge is 2.41. The second kappa shape index (κ2) is 7.79. The molecule has 0 N–H and O–H groups in total. The Labute approximate surface area is 128 Å². The average molecular weight is 285 g/mol. The summed E-state index contributed by atoms with van der Waals surface area (Å²) in [4.78, 5) is 0. The number of hydrogen-bond acceptors (Lipinski definition) is 0. The van der Waals surface area contributed by atoms with Crippen LogP contribution in [-0.4, -0.2) is 60.3 Å². The zero-order valence-electron chi connectivity index (χ0n) is 15.1. The van der Waals surface area contributed by atoms with Crippen molar-refractivity contribution in [2.24, 2.45) is 0 Å². The van der Waals surface area contributed by atoms with E-state index in [9.17, 15) is 0 Å². The Morgan fingerprint density at radius 1 is 0.500 bits per heavy atom. The maximum Gasteiger partial charge on any atom is 0.0894 e. The van der Waals surface area contributed by atoms with Gasteiger partial charge in [0, 0.05) is 25.7 Å². The largest absolute Gasteiger partial charge is 0.322 e. The number of nitrogens with zero attached hydrogens (tertiary/aromatic N) is 2. The van der Waals surface area contributed by atoms with E-state index in [2.05, 4.69) is 41.5 Å². The molecule has 0 aromatic rings. The lowest BCUT2D eigenvalue weighted by molar-refractivity contribution is -0.961. The van der Waals surface area contributed by atoms with E-state index in [-0.39, 0.29) is 0 Å². The Bertz CT molecular complexity index is 214. The molecule has 0 atom stereocenters. The highest BCUT2D eigenvalue weighted by molar-refractivity contribution is 4.75. The third kappa shape index (κ3) is 3.22. The second-order valence-corrected chi connectivity index (χ2v) is 6.80. The van der Waals surface area contributed by atoms with Gasteiger partial charge in [0.05, 0.1) is 51.4 Å². The Kier molecular flexibility index (Phi) is 7.00. The second-order valence-electron chi connectivity index (χ2n) is 6.80. The maximum absolute atomic E-state index is 2.39. The maximum atomic E-state index is 2.39. The normalized spacial score (nSPS) is 24.9. The van der Waals surface area contributed by atoms with E-state index < -0.39 is 0 Å². The van der Waals surface area contributed by atoms with Crippen molar-refractivity contribution in [3.8, 4) is 0 Å². The lowest BCUT2D eigenvalue weighted by Gasteiger charge is -2.50. The molecular weight excluding hydrogens is 244 g/mol. The Morgan fingerprint density at radius 3 is 0.850 bits per heavy atom. The van der Waals surface area contributed by atoms with Crippen LogP contribution in [0.3, 0.4) is 0 Å². The van der Waals surface area contributed by atoms with Gasteiger partial charge in [0.2, 0.25) is 0 Å². The summed E-state index contributed by atoms with van der Waals surface area (Å²) in [6.45, 7) is 22.3. The molecule has 1 rings (SSSR count). The lowest BCUT2D eigenvalue weighted by Crippen LogP contribution is -2.60. The van der Waals surface area contributed by atoms with Crippen LogP contribution in [0.5, 0.6) is 0 Å². The fourth-order valence-corrected chi connectivity index (χ4v) is 5.04. The van der Waals surface area contributed by atoms with Gasteiger partial charge < -0.3 is 8.97 Å². The van der Waals surface area contributed by atoms with Crippen molar-refractivity contribution in [3.05, 3.63) is 0 Å². The van der Waals surface area contributed by atoms with Gasteiger partial charge in [-0.25, -0.2) is 0 Å². The van der Waals surface area contributed by atoms with Crippen molar-refractivity contribution < 1.29 is 8.97 Å². The molecule has 0 radical (unpaired) electrons. The van der Waals surface area contributed by atoms with Crippen molar-refractivity contribution in [1.82, 2.24) is 0 Å². The first-order chi connectivity index (χ1) is 9.57. The van der Waals surface area contributed by atoms with E-state index in [1.54, 1.807) is 0 Å². The fourth-order valence-electron chi connectivity index (χ4n) is 5.04. The molecule has 1 aliphatic rings. The summed E-state index contributed by atoms with van der Waals surface area (Å²) in [6, 6.07) is 1.86. The number of quaternary nitrogens is 2. The molecule has 0 bridgehead atoms. The van der Waals surface area contributed by atoms with Crippen molar-refractivity contribution in [2.45, 2.75) is 79.3 Å². The fraction of sp³-hybridized carbons (Fsp3) is 1.00. The van der Waals surface area contributed by atoms with Gasteiger partial charge in [-0.05, 0) is 41.5 Å². The predicted octanol–water partition coefficient (Wildman–Crippen LogP) is 4.05.